The lowest BCUT2D eigenvalue weighted by Gasteiger charge is -2.02. The van der Waals surface area contributed by atoms with Crippen molar-refractivity contribution in [3.63, 3.8) is 0 Å². The van der Waals surface area contributed by atoms with Gasteiger partial charge in [0.05, 0.1) is 12.8 Å². The smallest absolute Gasteiger partial charge is 0.217 e. The molecule has 0 aliphatic heterocycles. The maximum Gasteiger partial charge on any atom is 0.217 e. The topological polar surface area (TPSA) is 73.9 Å². The number of allylic oxidation sites excluding steroid dienone is 2. The lowest BCUT2D eigenvalue weighted by molar-refractivity contribution is -0.109. The Morgan fingerprint density at radius 1 is 1.75 bits per heavy atom. The van der Waals surface area contributed by atoms with Crippen molar-refractivity contribution in [3.05, 3.63) is 11.3 Å². The zero-order valence-corrected chi connectivity index (χ0v) is 7.05. The molecule has 0 spiro atoms. The summed E-state index contributed by atoms with van der Waals surface area (Å²) in [5.41, 5.74) is -0.105. The van der Waals surface area contributed by atoms with E-state index in [2.05, 4.69) is 0 Å². The van der Waals surface area contributed by atoms with Gasteiger partial charge < -0.3 is 10.1 Å². The Kier molecular flexibility index (Phi) is 4.39. The number of hydrogen-bond acceptors (Lipinski definition) is 4. The lowest BCUT2D eigenvalue weighted by Crippen LogP contribution is -2.05. The molecule has 0 rings (SSSR count). The highest BCUT2D eigenvalue weighted by Gasteiger charge is 2.10. The molecule has 1 N–H and O–H groups in total. The summed E-state index contributed by atoms with van der Waals surface area (Å²) in [7, 11) is 0. The third-order valence-electron chi connectivity index (χ3n) is 1.20. The normalized spacial score (nSPS) is 11.1. The predicted octanol–water partition coefficient (Wildman–Crippen LogP) is 1.04. The van der Waals surface area contributed by atoms with Crippen LogP contribution in [-0.2, 0) is 9.53 Å². The Bertz CT molecular complexity index is 261. The van der Waals surface area contributed by atoms with Crippen molar-refractivity contribution in [2.24, 2.45) is 0 Å². The molecule has 0 aromatic carbocycles. The van der Waals surface area contributed by atoms with Crippen LogP contribution in [0.15, 0.2) is 11.3 Å². The van der Waals surface area contributed by atoms with E-state index in [9.17, 15) is 4.79 Å². The minimum atomic E-state index is -0.622. The van der Waals surface area contributed by atoms with E-state index in [0.29, 0.717) is 12.8 Å². The zero-order chi connectivity index (χ0) is 9.56. The molecule has 64 valence electrons. The van der Waals surface area contributed by atoms with Crippen molar-refractivity contribution in [1.82, 2.24) is 0 Å². The standard InChI is InChI=1S/C8H10N2O2/c1-3-12-6(2)7(4-9)8(11)5-10/h5,10H,3H2,1-2H3. The average molecular weight is 166 g/mol. The van der Waals surface area contributed by atoms with Gasteiger partial charge in [-0.25, -0.2) is 0 Å². The molecule has 0 saturated heterocycles. The molecule has 0 aromatic heterocycles. The summed E-state index contributed by atoms with van der Waals surface area (Å²) in [6, 6.07) is 1.69. The van der Waals surface area contributed by atoms with Gasteiger partial charge in [0.1, 0.15) is 17.4 Å². The number of nitrogens with one attached hydrogen (secondary N) is 1. The van der Waals surface area contributed by atoms with Gasteiger partial charge in [0.25, 0.3) is 0 Å². The first-order valence-electron chi connectivity index (χ1n) is 3.45. The van der Waals surface area contributed by atoms with Gasteiger partial charge in [-0.05, 0) is 13.8 Å². The molecule has 4 heteroatoms. The van der Waals surface area contributed by atoms with Crippen LogP contribution in [0.1, 0.15) is 13.8 Å². The van der Waals surface area contributed by atoms with Gasteiger partial charge in [0.2, 0.25) is 5.78 Å². The zero-order valence-electron chi connectivity index (χ0n) is 7.05. The van der Waals surface area contributed by atoms with Crippen LogP contribution in [-0.4, -0.2) is 18.6 Å². The van der Waals surface area contributed by atoms with Gasteiger partial charge in [-0.1, -0.05) is 0 Å². The molecule has 0 aliphatic rings. The molecule has 0 bridgehead atoms. The summed E-state index contributed by atoms with van der Waals surface area (Å²) in [5.74, 6) is -0.350. The molecule has 0 amide bonds. The first kappa shape index (κ1) is 10.4. The van der Waals surface area contributed by atoms with E-state index in [1.807, 2.05) is 0 Å². The maximum absolute atomic E-state index is 10.9. The number of carbonyl (C=O) groups is 1. The molecule has 0 heterocycles. The van der Waals surface area contributed by atoms with E-state index < -0.39 is 5.78 Å². The molecule has 0 aliphatic carbocycles. The molecule has 0 radical (unpaired) electrons. The fourth-order valence-corrected chi connectivity index (χ4v) is 0.668. The van der Waals surface area contributed by atoms with E-state index in [0.717, 1.165) is 0 Å². The first-order chi connectivity index (χ1) is 5.67. The third-order valence-corrected chi connectivity index (χ3v) is 1.20. The number of nitriles is 1. The lowest BCUT2D eigenvalue weighted by atomic mass is 10.2. The average Bonchev–Trinajstić information content (AvgIpc) is 2.06. The third kappa shape index (κ3) is 2.54. The molecular weight excluding hydrogens is 156 g/mol. The summed E-state index contributed by atoms with van der Waals surface area (Å²) >= 11 is 0. The monoisotopic (exact) mass is 166 g/mol. The minimum absolute atomic E-state index is 0.105. The summed E-state index contributed by atoms with van der Waals surface area (Å²) in [6.45, 7) is 3.69. The summed E-state index contributed by atoms with van der Waals surface area (Å²) in [4.78, 5) is 10.9. The Hall–Kier alpha value is -1.63. The number of carbonyl (C=O) groups excluding carboxylic acids is 1. The second-order valence-electron chi connectivity index (χ2n) is 1.98. The number of rotatable bonds is 4. The quantitative estimate of drug-likeness (QED) is 0.293. The molecule has 0 unspecified atom stereocenters. The van der Waals surface area contributed by atoms with E-state index in [-0.39, 0.29) is 11.3 Å². The fraction of sp³-hybridized carbons (Fsp3) is 0.375. The number of Topliss-reactive ketones (excluding diaryl/α,β-unsaturated/α-hetero) is 1. The summed E-state index contributed by atoms with van der Waals surface area (Å²) < 4.78 is 4.95. The van der Waals surface area contributed by atoms with Crippen molar-refractivity contribution in [2.45, 2.75) is 13.8 Å². The molecule has 12 heavy (non-hydrogen) atoms. The van der Waals surface area contributed by atoms with Gasteiger partial charge in [0.15, 0.2) is 0 Å². The Labute approximate surface area is 71.0 Å². The van der Waals surface area contributed by atoms with Crippen LogP contribution < -0.4 is 0 Å². The van der Waals surface area contributed by atoms with Gasteiger partial charge in [0, 0.05) is 0 Å². The van der Waals surface area contributed by atoms with Gasteiger partial charge >= 0.3 is 0 Å². The number of nitrogens with zero attached hydrogens (tertiary/aromatic N) is 1. The number of ketones is 1. The molecule has 0 aromatic rings. The Balaban J connectivity index is 4.75. The second-order valence-corrected chi connectivity index (χ2v) is 1.98. The van der Waals surface area contributed by atoms with Crippen LogP contribution in [0.3, 0.4) is 0 Å². The van der Waals surface area contributed by atoms with Crippen molar-refractivity contribution >= 4 is 12.0 Å². The summed E-state index contributed by atoms with van der Waals surface area (Å²) in [5, 5.41) is 15.2. The van der Waals surface area contributed by atoms with Crippen LogP contribution in [0, 0.1) is 16.7 Å². The first-order valence-corrected chi connectivity index (χ1v) is 3.45. The van der Waals surface area contributed by atoms with Crippen LogP contribution >= 0.6 is 0 Å². The van der Waals surface area contributed by atoms with Gasteiger partial charge in [-0.15, -0.1) is 0 Å². The predicted molar refractivity (Wildman–Crippen MR) is 43.7 cm³/mol. The Morgan fingerprint density at radius 2 is 2.33 bits per heavy atom. The number of hydrogen-bond donors (Lipinski definition) is 1. The van der Waals surface area contributed by atoms with Crippen molar-refractivity contribution < 1.29 is 9.53 Å². The molecular formula is C8H10N2O2. The number of ether oxygens (including phenoxy) is 1. The SMILES string of the molecule is CCOC(C)=C(C#N)C(=O)C=N. The van der Waals surface area contributed by atoms with Crippen molar-refractivity contribution in [1.29, 1.82) is 10.7 Å². The highest BCUT2D eigenvalue weighted by Crippen LogP contribution is 2.04. The molecule has 0 atom stereocenters. The molecule has 4 nitrogen and oxygen atoms in total. The fourth-order valence-electron chi connectivity index (χ4n) is 0.668. The maximum atomic E-state index is 10.9. The van der Waals surface area contributed by atoms with Crippen LogP contribution in [0.2, 0.25) is 0 Å². The van der Waals surface area contributed by atoms with Crippen molar-refractivity contribution in [3.8, 4) is 6.07 Å². The highest BCUT2D eigenvalue weighted by molar-refractivity contribution is 6.35. The second kappa shape index (κ2) is 5.08. The molecule has 0 saturated carbocycles. The van der Waals surface area contributed by atoms with Gasteiger partial charge in [-0.2, -0.15) is 5.26 Å². The van der Waals surface area contributed by atoms with Crippen LogP contribution in [0.5, 0.6) is 0 Å². The van der Waals surface area contributed by atoms with E-state index in [1.54, 1.807) is 13.0 Å². The highest BCUT2D eigenvalue weighted by atomic mass is 16.5. The Morgan fingerprint density at radius 3 is 2.67 bits per heavy atom. The van der Waals surface area contributed by atoms with E-state index in [1.165, 1.54) is 6.92 Å². The molecule has 0 fully saturated rings. The van der Waals surface area contributed by atoms with Crippen LogP contribution in [0.4, 0.5) is 0 Å². The van der Waals surface area contributed by atoms with Crippen molar-refractivity contribution in [2.75, 3.05) is 6.61 Å². The van der Waals surface area contributed by atoms with Gasteiger partial charge in [-0.3, -0.25) is 4.79 Å². The largest absolute Gasteiger partial charge is 0.497 e. The van der Waals surface area contributed by atoms with Crippen LogP contribution in [0.25, 0.3) is 0 Å². The summed E-state index contributed by atoms with van der Waals surface area (Å²) in [6.07, 6.45) is 0.598. The van der Waals surface area contributed by atoms with E-state index >= 15 is 0 Å². The van der Waals surface area contributed by atoms with E-state index in [4.69, 9.17) is 15.4 Å². The minimum Gasteiger partial charge on any atom is -0.497 e.